The van der Waals surface area contributed by atoms with Crippen molar-refractivity contribution in [3.05, 3.63) is 35.5 Å². The Bertz CT molecular complexity index is 574. The molecule has 2 aromatic rings. The van der Waals surface area contributed by atoms with Crippen LogP contribution >= 0.6 is 0 Å². The maximum atomic E-state index is 11.0. The predicted octanol–water partition coefficient (Wildman–Crippen LogP) is 2.38. The summed E-state index contributed by atoms with van der Waals surface area (Å²) in [6.45, 7) is 3.99. The second-order valence-electron chi connectivity index (χ2n) is 4.67. The summed E-state index contributed by atoms with van der Waals surface area (Å²) >= 11 is 0. The van der Waals surface area contributed by atoms with Crippen molar-refractivity contribution < 1.29 is 9.90 Å². The molecule has 2 unspecified atom stereocenters. The van der Waals surface area contributed by atoms with Gasteiger partial charge in [-0.25, -0.2) is 0 Å². The van der Waals surface area contributed by atoms with Crippen LogP contribution in [0.25, 0.3) is 10.9 Å². The van der Waals surface area contributed by atoms with Crippen LogP contribution in [-0.4, -0.2) is 22.1 Å². The number of carboxylic acid groups (broad SMARTS) is 1. The molecule has 1 aromatic heterocycles. The molecule has 4 heteroatoms. The number of rotatable bonds is 4. The Labute approximate surface area is 106 Å². The van der Waals surface area contributed by atoms with Crippen molar-refractivity contribution in [1.82, 2.24) is 4.98 Å². The van der Waals surface area contributed by atoms with E-state index >= 15 is 0 Å². The van der Waals surface area contributed by atoms with Gasteiger partial charge in [-0.05, 0) is 30.5 Å². The minimum atomic E-state index is -0.955. The molecule has 0 spiro atoms. The lowest BCUT2D eigenvalue weighted by Crippen LogP contribution is -2.36. The van der Waals surface area contributed by atoms with E-state index in [1.807, 2.05) is 32.2 Å². The third-order valence-electron chi connectivity index (χ3n) is 3.43. The maximum Gasteiger partial charge on any atom is 0.321 e. The van der Waals surface area contributed by atoms with Crippen LogP contribution in [0.3, 0.4) is 0 Å². The largest absolute Gasteiger partial charge is 0.480 e. The molecule has 0 radical (unpaired) electrons. The van der Waals surface area contributed by atoms with E-state index in [0.717, 1.165) is 16.5 Å². The number of carboxylic acids is 1. The van der Waals surface area contributed by atoms with Crippen LogP contribution < -0.4 is 5.73 Å². The highest BCUT2D eigenvalue weighted by atomic mass is 16.4. The molecule has 2 atom stereocenters. The van der Waals surface area contributed by atoms with E-state index in [4.69, 9.17) is 10.8 Å². The summed E-state index contributed by atoms with van der Waals surface area (Å²) in [5.41, 5.74) is 8.96. The van der Waals surface area contributed by atoms with Gasteiger partial charge in [-0.1, -0.05) is 19.1 Å². The van der Waals surface area contributed by atoms with E-state index in [1.54, 1.807) is 0 Å². The van der Waals surface area contributed by atoms with Crippen molar-refractivity contribution >= 4 is 16.9 Å². The van der Waals surface area contributed by atoms with Gasteiger partial charge in [0.25, 0.3) is 0 Å². The van der Waals surface area contributed by atoms with Crippen molar-refractivity contribution in [2.45, 2.75) is 32.2 Å². The fourth-order valence-electron chi connectivity index (χ4n) is 2.41. The van der Waals surface area contributed by atoms with Crippen molar-refractivity contribution in [2.75, 3.05) is 0 Å². The van der Waals surface area contributed by atoms with Gasteiger partial charge in [0.05, 0.1) is 0 Å². The Kier molecular flexibility index (Phi) is 3.39. The van der Waals surface area contributed by atoms with Gasteiger partial charge in [0.15, 0.2) is 0 Å². The molecule has 0 aliphatic heterocycles. The normalized spacial score (nSPS) is 14.6. The highest BCUT2D eigenvalue weighted by molar-refractivity contribution is 5.85. The van der Waals surface area contributed by atoms with E-state index in [1.165, 1.54) is 5.56 Å². The predicted molar refractivity (Wildman–Crippen MR) is 71.7 cm³/mol. The molecule has 0 aliphatic carbocycles. The molecule has 18 heavy (non-hydrogen) atoms. The van der Waals surface area contributed by atoms with Crippen LogP contribution in [0.5, 0.6) is 0 Å². The lowest BCUT2D eigenvalue weighted by Gasteiger charge is -2.18. The van der Waals surface area contributed by atoms with E-state index < -0.39 is 12.0 Å². The summed E-state index contributed by atoms with van der Waals surface area (Å²) in [7, 11) is 0. The van der Waals surface area contributed by atoms with E-state index in [2.05, 4.69) is 11.1 Å². The number of nitrogens with one attached hydrogen (secondary N) is 1. The zero-order valence-corrected chi connectivity index (χ0v) is 10.6. The summed E-state index contributed by atoms with van der Waals surface area (Å²) in [5, 5.41) is 10.1. The molecule has 1 aromatic carbocycles. The fourth-order valence-corrected chi connectivity index (χ4v) is 2.41. The first-order chi connectivity index (χ1) is 8.54. The molecule has 0 aliphatic rings. The monoisotopic (exact) mass is 246 g/mol. The summed E-state index contributed by atoms with van der Waals surface area (Å²) < 4.78 is 0. The summed E-state index contributed by atoms with van der Waals surface area (Å²) in [6, 6.07) is 5.24. The summed E-state index contributed by atoms with van der Waals surface area (Å²) in [4.78, 5) is 14.2. The van der Waals surface area contributed by atoms with Crippen molar-refractivity contribution in [3.8, 4) is 0 Å². The number of H-pyrrole nitrogens is 1. The number of hydrogen-bond donors (Lipinski definition) is 3. The second-order valence-corrected chi connectivity index (χ2v) is 4.67. The molecule has 0 saturated heterocycles. The van der Waals surface area contributed by atoms with E-state index in [-0.39, 0.29) is 5.92 Å². The van der Waals surface area contributed by atoms with Gasteiger partial charge in [-0.15, -0.1) is 0 Å². The summed E-state index contributed by atoms with van der Waals surface area (Å²) in [5.74, 6) is -1.12. The highest BCUT2D eigenvalue weighted by Gasteiger charge is 2.26. The number of carbonyl (C=O) groups is 1. The zero-order chi connectivity index (χ0) is 13.3. The minimum Gasteiger partial charge on any atom is -0.480 e. The topological polar surface area (TPSA) is 79.1 Å². The Morgan fingerprint density at radius 1 is 1.50 bits per heavy atom. The number of fused-ring (bicyclic) bond motifs is 1. The molecule has 0 fully saturated rings. The van der Waals surface area contributed by atoms with Gasteiger partial charge >= 0.3 is 5.97 Å². The smallest absolute Gasteiger partial charge is 0.321 e. The lowest BCUT2D eigenvalue weighted by molar-refractivity contribution is -0.139. The molecule has 2 rings (SSSR count). The van der Waals surface area contributed by atoms with Gasteiger partial charge in [0.1, 0.15) is 6.04 Å². The Morgan fingerprint density at radius 2 is 2.22 bits per heavy atom. The van der Waals surface area contributed by atoms with Gasteiger partial charge in [-0.3, -0.25) is 4.79 Å². The fraction of sp³-hybridized carbons (Fsp3) is 0.357. The average molecular weight is 246 g/mol. The van der Waals surface area contributed by atoms with Crippen LogP contribution in [0.2, 0.25) is 0 Å². The molecule has 96 valence electrons. The van der Waals surface area contributed by atoms with Gasteiger partial charge < -0.3 is 15.8 Å². The number of aliphatic carboxylic acids is 1. The molecule has 4 N–H and O–H groups in total. The third-order valence-corrected chi connectivity index (χ3v) is 3.43. The van der Waals surface area contributed by atoms with Gasteiger partial charge in [0, 0.05) is 23.0 Å². The number of aryl methyl sites for hydroxylation is 1. The SMILES string of the molecule is CCC(c1c[nH]c2cc(C)ccc12)C(N)C(=O)O. The maximum absolute atomic E-state index is 11.0. The molecular formula is C14H18N2O2. The van der Waals surface area contributed by atoms with Crippen molar-refractivity contribution in [1.29, 1.82) is 0 Å². The minimum absolute atomic E-state index is 0.168. The standard InChI is InChI=1S/C14H18N2O2/c1-3-9(13(15)14(17)18)11-7-16-12-6-8(2)4-5-10(11)12/h4-7,9,13,16H,3,15H2,1-2H3,(H,17,18). The number of aromatic nitrogens is 1. The van der Waals surface area contributed by atoms with Gasteiger partial charge in [0.2, 0.25) is 0 Å². The third kappa shape index (κ3) is 2.11. The zero-order valence-electron chi connectivity index (χ0n) is 10.6. The summed E-state index contributed by atoms with van der Waals surface area (Å²) in [6.07, 6.45) is 2.58. The highest BCUT2D eigenvalue weighted by Crippen LogP contribution is 2.30. The van der Waals surface area contributed by atoms with Gasteiger partial charge in [-0.2, -0.15) is 0 Å². The average Bonchev–Trinajstić information content (AvgIpc) is 2.73. The first-order valence-corrected chi connectivity index (χ1v) is 6.10. The van der Waals surface area contributed by atoms with Crippen LogP contribution in [0, 0.1) is 6.92 Å². The second kappa shape index (κ2) is 4.82. The first-order valence-electron chi connectivity index (χ1n) is 6.10. The quantitative estimate of drug-likeness (QED) is 0.775. The number of nitrogens with two attached hydrogens (primary N) is 1. The van der Waals surface area contributed by atoms with E-state index in [9.17, 15) is 4.79 Å². The number of aromatic amines is 1. The van der Waals surface area contributed by atoms with Crippen LogP contribution in [0.1, 0.15) is 30.4 Å². The molecule has 4 nitrogen and oxygen atoms in total. The molecular weight excluding hydrogens is 228 g/mol. The molecule has 0 saturated carbocycles. The number of benzene rings is 1. The number of hydrogen-bond acceptors (Lipinski definition) is 2. The lowest BCUT2D eigenvalue weighted by atomic mass is 9.89. The van der Waals surface area contributed by atoms with Crippen LogP contribution in [0.15, 0.2) is 24.4 Å². The molecule has 0 amide bonds. The van der Waals surface area contributed by atoms with Crippen LogP contribution in [0.4, 0.5) is 0 Å². The van der Waals surface area contributed by atoms with E-state index in [0.29, 0.717) is 6.42 Å². The Balaban J connectivity index is 2.49. The molecule has 1 heterocycles. The Morgan fingerprint density at radius 3 is 2.83 bits per heavy atom. The molecule has 0 bridgehead atoms. The first kappa shape index (κ1) is 12.6. The van der Waals surface area contributed by atoms with Crippen LogP contribution in [-0.2, 0) is 4.79 Å². The Hall–Kier alpha value is -1.81. The van der Waals surface area contributed by atoms with Crippen molar-refractivity contribution in [3.63, 3.8) is 0 Å². The van der Waals surface area contributed by atoms with Crippen molar-refractivity contribution in [2.24, 2.45) is 5.73 Å².